The Kier molecular flexibility index (Phi) is 7.01. The summed E-state index contributed by atoms with van der Waals surface area (Å²) in [4.78, 5) is 4.46. The second-order valence-corrected chi connectivity index (χ2v) is 9.15. The summed E-state index contributed by atoms with van der Waals surface area (Å²) in [7, 11) is 0. The van der Waals surface area contributed by atoms with Crippen molar-refractivity contribution in [2.75, 3.05) is 11.9 Å². The summed E-state index contributed by atoms with van der Waals surface area (Å²) >= 11 is 21.3. The third kappa shape index (κ3) is 5.14. The lowest BCUT2D eigenvalue weighted by molar-refractivity contribution is 0.292. The normalized spacial score (nSPS) is 16.0. The molecule has 0 unspecified atom stereocenters. The molecule has 1 saturated carbocycles. The molecule has 2 N–H and O–H groups in total. The molecule has 1 fully saturated rings. The minimum atomic E-state index is 0.0709. The Morgan fingerprint density at radius 2 is 1.85 bits per heavy atom. The maximum absolute atomic E-state index is 6.28. The lowest BCUT2D eigenvalue weighted by atomic mass is 9.69. The van der Waals surface area contributed by atoms with Gasteiger partial charge in [-0.25, -0.2) is 4.98 Å². The third-order valence-corrected chi connectivity index (χ3v) is 6.78. The summed E-state index contributed by atoms with van der Waals surface area (Å²) in [5.74, 6) is 0.569. The highest BCUT2D eigenvalue weighted by Crippen LogP contribution is 2.39. The van der Waals surface area contributed by atoms with Gasteiger partial charge in [-0.15, -0.1) is 0 Å². The number of thiocarbonyl (C=S) groups is 1. The monoisotopic (exact) mass is 485 g/mol. The molecule has 0 saturated heterocycles. The van der Waals surface area contributed by atoms with Gasteiger partial charge in [-0.3, -0.25) is 0 Å². The average molecular weight is 487 g/mol. The Balaban J connectivity index is 1.71. The van der Waals surface area contributed by atoms with Crippen LogP contribution >= 0.6 is 51.3 Å². The van der Waals surface area contributed by atoms with Gasteiger partial charge in [0.1, 0.15) is 0 Å². The van der Waals surface area contributed by atoms with Crippen LogP contribution in [-0.4, -0.2) is 16.6 Å². The number of nitrogens with one attached hydrogen (secondary N) is 2. The number of hydrogen-bond acceptors (Lipinski definition) is 2. The Morgan fingerprint density at radius 1 is 1.19 bits per heavy atom. The number of benzene rings is 1. The summed E-state index contributed by atoms with van der Waals surface area (Å²) in [6.45, 7) is 2.69. The predicted molar refractivity (Wildman–Crippen MR) is 122 cm³/mol. The fourth-order valence-electron chi connectivity index (χ4n) is 3.65. The Hall–Kier alpha value is -0.880. The zero-order valence-corrected chi connectivity index (χ0v) is 19.0. The van der Waals surface area contributed by atoms with E-state index in [0.29, 0.717) is 16.0 Å². The van der Waals surface area contributed by atoms with E-state index in [-0.39, 0.29) is 5.41 Å². The van der Waals surface area contributed by atoms with Crippen molar-refractivity contribution in [1.29, 1.82) is 0 Å². The standard InChI is InChI=1S/C20H22BrCl2N3S/c1-13-16(21)11-17(23)18(25-13)26-19(27)24-12-20(9-3-2-4-10-20)14-5-7-15(22)8-6-14/h5-8,11H,2-4,9-10,12H2,1H3,(H2,24,25,26,27). The maximum atomic E-state index is 6.28. The molecule has 2 aromatic rings. The molecule has 27 heavy (non-hydrogen) atoms. The summed E-state index contributed by atoms with van der Waals surface area (Å²) in [6.07, 6.45) is 6.02. The first-order valence-electron chi connectivity index (χ1n) is 9.03. The van der Waals surface area contributed by atoms with Gasteiger partial charge in [0, 0.05) is 21.5 Å². The second kappa shape index (κ2) is 9.08. The molecule has 0 radical (unpaired) electrons. The van der Waals surface area contributed by atoms with E-state index in [4.69, 9.17) is 35.4 Å². The molecular weight excluding hydrogens is 465 g/mol. The highest BCUT2D eigenvalue weighted by atomic mass is 79.9. The number of aryl methyl sites for hydroxylation is 1. The second-order valence-electron chi connectivity index (χ2n) is 7.04. The van der Waals surface area contributed by atoms with Gasteiger partial charge in [0.05, 0.1) is 10.7 Å². The zero-order valence-electron chi connectivity index (χ0n) is 15.1. The zero-order chi connectivity index (χ0) is 19.4. The van der Waals surface area contributed by atoms with E-state index < -0.39 is 0 Å². The van der Waals surface area contributed by atoms with Gasteiger partial charge in [0.2, 0.25) is 0 Å². The van der Waals surface area contributed by atoms with Crippen LogP contribution in [0.15, 0.2) is 34.8 Å². The number of pyridine rings is 1. The van der Waals surface area contributed by atoms with Crippen molar-refractivity contribution in [3.63, 3.8) is 0 Å². The van der Waals surface area contributed by atoms with Gasteiger partial charge < -0.3 is 10.6 Å². The molecule has 0 atom stereocenters. The molecule has 0 amide bonds. The molecule has 1 aromatic heterocycles. The highest BCUT2D eigenvalue weighted by Gasteiger charge is 2.34. The Bertz CT molecular complexity index is 821. The van der Waals surface area contributed by atoms with Crippen molar-refractivity contribution in [3.8, 4) is 0 Å². The van der Waals surface area contributed by atoms with E-state index in [1.54, 1.807) is 0 Å². The largest absolute Gasteiger partial charge is 0.362 e. The lowest BCUT2D eigenvalue weighted by Gasteiger charge is -2.38. The van der Waals surface area contributed by atoms with Crippen molar-refractivity contribution in [1.82, 2.24) is 10.3 Å². The van der Waals surface area contributed by atoms with Crippen LogP contribution in [0.25, 0.3) is 0 Å². The molecule has 1 heterocycles. The number of hydrogen-bond donors (Lipinski definition) is 2. The van der Waals surface area contributed by atoms with Crippen LogP contribution < -0.4 is 10.6 Å². The molecule has 1 aliphatic rings. The molecule has 0 spiro atoms. The SMILES string of the molecule is Cc1nc(NC(=S)NCC2(c3ccc(Cl)cc3)CCCCC2)c(Cl)cc1Br. The average Bonchev–Trinajstić information content (AvgIpc) is 2.66. The molecule has 7 heteroatoms. The number of halogens is 3. The van der Waals surface area contributed by atoms with Crippen LogP contribution in [0.5, 0.6) is 0 Å². The van der Waals surface area contributed by atoms with Crippen molar-refractivity contribution >= 4 is 62.3 Å². The quantitative estimate of drug-likeness (QED) is 0.474. The fraction of sp³-hybridized carbons (Fsp3) is 0.400. The first-order valence-corrected chi connectivity index (χ1v) is 11.0. The summed E-state index contributed by atoms with van der Waals surface area (Å²) in [6, 6.07) is 10.0. The van der Waals surface area contributed by atoms with E-state index in [1.807, 2.05) is 25.1 Å². The lowest BCUT2D eigenvalue weighted by Crippen LogP contribution is -2.43. The van der Waals surface area contributed by atoms with Gasteiger partial charge in [-0.1, -0.05) is 54.6 Å². The van der Waals surface area contributed by atoms with E-state index in [0.717, 1.165) is 34.6 Å². The number of rotatable bonds is 4. The molecule has 1 aliphatic carbocycles. The number of nitrogens with zero attached hydrogens (tertiary/aromatic N) is 1. The Labute approximate surface area is 184 Å². The van der Waals surface area contributed by atoms with Crippen LogP contribution in [0.3, 0.4) is 0 Å². The van der Waals surface area contributed by atoms with Crippen LogP contribution in [0, 0.1) is 6.92 Å². The Morgan fingerprint density at radius 3 is 2.52 bits per heavy atom. The van der Waals surface area contributed by atoms with Crippen molar-refractivity contribution < 1.29 is 0 Å². The van der Waals surface area contributed by atoms with Crippen molar-refractivity contribution in [2.24, 2.45) is 0 Å². The molecular formula is C20H22BrCl2N3S. The molecule has 144 valence electrons. The first kappa shape index (κ1) is 20.8. The van der Waals surface area contributed by atoms with Gasteiger partial charge in [-0.2, -0.15) is 0 Å². The van der Waals surface area contributed by atoms with Gasteiger partial charge in [0.25, 0.3) is 0 Å². The van der Waals surface area contributed by atoms with Crippen molar-refractivity contribution in [2.45, 2.75) is 44.4 Å². The minimum Gasteiger partial charge on any atom is -0.362 e. The van der Waals surface area contributed by atoms with Gasteiger partial charge in [0.15, 0.2) is 10.9 Å². The van der Waals surface area contributed by atoms with Gasteiger partial charge >= 0.3 is 0 Å². The fourth-order valence-corrected chi connectivity index (χ4v) is 4.59. The highest BCUT2D eigenvalue weighted by molar-refractivity contribution is 9.10. The third-order valence-electron chi connectivity index (χ3n) is 5.19. The van der Waals surface area contributed by atoms with Crippen molar-refractivity contribution in [3.05, 3.63) is 56.1 Å². The topological polar surface area (TPSA) is 37.0 Å². The summed E-state index contributed by atoms with van der Waals surface area (Å²) in [5, 5.41) is 8.35. The van der Waals surface area contributed by atoms with E-state index >= 15 is 0 Å². The number of aromatic nitrogens is 1. The van der Waals surface area contributed by atoms with E-state index in [1.165, 1.54) is 24.8 Å². The smallest absolute Gasteiger partial charge is 0.172 e. The summed E-state index contributed by atoms with van der Waals surface area (Å²) < 4.78 is 0.876. The molecule has 3 rings (SSSR count). The van der Waals surface area contributed by atoms with Crippen LogP contribution in [0.1, 0.15) is 43.4 Å². The number of anilines is 1. The predicted octanol–water partition coefficient (Wildman–Crippen LogP) is 6.65. The minimum absolute atomic E-state index is 0.0709. The van der Waals surface area contributed by atoms with Crippen LogP contribution in [0.4, 0.5) is 5.82 Å². The van der Waals surface area contributed by atoms with E-state index in [2.05, 4.69) is 43.7 Å². The summed E-state index contributed by atoms with van der Waals surface area (Å²) in [5.41, 5.74) is 2.24. The van der Waals surface area contributed by atoms with Crippen LogP contribution in [-0.2, 0) is 5.41 Å². The maximum Gasteiger partial charge on any atom is 0.172 e. The van der Waals surface area contributed by atoms with Gasteiger partial charge in [-0.05, 0) is 71.7 Å². The molecule has 3 nitrogen and oxygen atoms in total. The van der Waals surface area contributed by atoms with E-state index in [9.17, 15) is 0 Å². The first-order chi connectivity index (χ1) is 12.9. The van der Waals surface area contributed by atoms with Crippen LogP contribution in [0.2, 0.25) is 10.0 Å². The molecule has 1 aromatic carbocycles. The molecule has 0 aliphatic heterocycles. The molecule has 0 bridgehead atoms.